The fourth-order valence-electron chi connectivity index (χ4n) is 3.36. The fourth-order valence-corrected chi connectivity index (χ4v) is 5.53. The summed E-state index contributed by atoms with van der Waals surface area (Å²) in [4.78, 5) is 9.25. The Hall–Kier alpha value is -0.950. The highest BCUT2D eigenvalue weighted by molar-refractivity contribution is 7.85. The van der Waals surface area contributed by atoms with Crippen molar-refractivity contribution in [3.05, 3.63) is 16.1 Å². The predicted molar refractivity (Wildman–Crippen MR) is 114 cm³/mol. The molecule has 26 heavy (non-hydrogen) atoms. The summed E-state index contributed by atoms with van der Waals surface area (Å²) < 4.78 is 12.1. The van der Waals surface area contributed by atoms with Crippen LogP contribution in [0.4, 0.5) is 0 Å². The summed E-state index contributed by atoms with van der Waals surface area (Å²) in [6, 6.07) is 0.389. The normalized spacial score (nSPS) is 22.2. The van der Waals surface area contributed by atoms with Gasteiger partial charge in [0.25, 0.3) is 0 Å². The SMILES string of the molecule is CCNC(=NCCCCc1nc(C)cs1)NC1CCCC(S(=O)CC)C1. The average Bonchev–Trinajstić information content (AvgIpc) is 3.06. The van der Waals surface area contributed by atoms with Gasteiger partial charge < -0.3 is 10.6 Å². The standard InChI is InChI=1S/C19H34N4OS2/c1-4-20-19(21-12-7-6-11-18-22-15(3)14-25-18)23-16-9-8-10-17(13-16)26(24)5-2/h14,16-17H,4-13H2,1-3H3,(H2,20,21,23). The largest absolute Gasteiger partial charge is 0.357 e. The Bertz CT molecular complexity index is 588. The number of thiazole rings is 1. The molecule has 0 saturated heterocycles. The Morgan fingerprint density at radius 3 is 2.92 bits per heavy atom. The van der Waals surface area contributed by atoms with Gasteiger partial charge >= 0.3 is 0 Å². The average molecular weight is 399 g/mol. The predicted octanol–water partition coefficient (Wildman–Crippen LogP) is 3.41. The van der Waals surface area contributed by atoms with Crippen molar-refractivity contribution in [3.63, 3.8) is 0 Å². The highest BCUT2D eigenvalue weighted by atomic mass is 32.2. The number of nitrogens with one attached hydrogen (secondary N) is 2. The molecule has 2 rings (SSSR count). The van der Waals surface area contributed by atoms with Crippen molar-refractivity contribution >= 4 is 28.1 Å². The summed E-state index contributed by atoms with van der Waals surface area (Å²) in [5.74, 6) is 1.68. The van der Waals surface area contributed by atoms with E-state index in [9.17, 15) is 4.21 Å². The Kier molecular flexibility index (Phi) is 9.61. The lowest BCUT2D eigenvalue weighted by Crippen LogP contribution is -2.46. The van der Waals surface area contributed by atoms with Crippen LogP contribution in [0.2, 0.25) is 0 Å². The van der Waals surface area contributed by atoms with E-state index in [0.29, 0.717) is 11.3 Å². The first-order valence-electron chi connectivity index (χ1n) is 9.95. The molecule has 3 atom stereocenters. The highest BCUT2D eigenvalue weighted by Crippen LogP contribution is 2.23. The first kappa shape index (κ1) is 21.4. The molecule has 7 heteroatoms. The zero-order valence-corrected chi connectivity index (χ0v) is 18.1. The van der Waals surface area contributed by atoms with Crippen molar-refractivity contribution in [2.75, 3.05) is 18.8 Å². The van der Waals surface area contributed by atoms with Gasteiger partial charge in [-0.25, -0.2) is 4.98 Å². The highest BCUT2D eigenvalue weighted by Gasteiger charge is 2.25. The van der Waals surface area contributed by atoms with Gasteiger partial charge in [0.1, 0.15) is 0 Å². The first-order chi connectivity index (χ1) is 12.6. The number of aryl methyl sites for hydroxylation is 2. The van der Waals surface area contributed by atoms with Crippen LogP contribution in [0.3, 0.4) is 0 Å². The second kappa shape index (κ2) is 11.7. The Morgan fingerprint density at radius 2 is 2.23 bits per heavy atom. The third-order valence-electron chi connectivity index (χ3n) is 4.70. The van der Waals surface area contributed by atoms with Crippen molar-refractivity contribution in [3.8, 4) is 0 Å². The van der Waals surface area contributed by atoms with E-state index in [2.05, 4.69) is 27.9 Å². The molecular formula is C19H34N4OS2. The number of hydrogen-bond donors (Lipinski definition) is 2. The van der Waals surface area contributed by atoms with E-state index in [0.717, 1.165) is 75.4 Å². The Balaban J connectivity index is 1.75. The smallest absolute Gasteiger partial charge is 0.191 e. The quantitative estimate of drug-likeness (QED) is 0.380. The van der Waals surface area contributed by atoms with Gasteiger partial charge in [0.2, 0.25) is 0 Å². The van der Waals surface area contributed by atoms with E-state index in [1.165, 1.54) is 5.01 Å². The Morgan fingerprint density at radius 1 is 1.38 bits per heavy atom. The van der Waals surface area contributed by atoms with Crippen molar-refractivity contribution in [1.29, 1.82) is 0 Å². The molecule has 0 radical (unpaired) electrons. The maximum atomic E-state index is 12.1. The first-order valence-corrected chi connectivity index (χ1v) is 12.2. The van der Waals surface area contributed by atoms with Gasteiger partial charge in [-0.15, -0.1) is 11.3 Å². The van der Waals surface area contributed by atoms with Gasteiger partial charge in [-0.3, -0.25) is 9.20 Å². The van der Waals surface area contributed by atoms with Crippen LogP contribution in [-0.2, 0) is 17.2 Å². The molecule has 0 aliphatic heterocycles. The maximum Gasteiger partial charge on any atom is 0.191 e. The van der Waals surface area contributed by atoms with E-state index in [-0.39, 0.29) is 0 Å². The minimum absolute atomic E-state index is 0.343. The van der Waals surface area contributed by atoms with Crippen LogP contribution in [0, 0.1) is 6.92 Å². The molecule has 1 saturated carbocycles. The lowest BCUT2D eigenvalue weighted by molar-refractivity contribution is 0.413. The van der Waals surface area contributed by atoms with Crippen molar-refractivity contribution < 1.29 is 4.21 Å². The maximum absolute atomic E-state index is 12.1. The molecule has 0 spiro atoms. The van der Waals surface area contributed by atoms with E-state index >= 15 is 0 Å². The summed E-state index contributed by atoms with van der Waals surface area (Å²) >= 11 is 1.75. The summed E-state index contributed by atoms with van der Waals surface area (Å²) in [5.41, 5.74) is 1.12. The van der Waals surface area contributed by atoms with Gasteiger partial charge in [-0.2, -0.15) is 0 Å². The minimum atomic E-state index is -0.683. The van der Waals surface area contributed by atoms with Gasteiger partial charge in [0.15, 0.2) is 5.96 Å². The monoisotopic (exact) mass is 398 g/mol. The van der Waals surface area contributed by atoms with E-state index in [1.807, 2.05) is 13.8 Å². The molecule has 2 N–H and O–H groups in total. The number of hydrogen-bond acceptors (Lipinski definition) is 4. The molecule has 148 valence electrons. The number of aromatic nitrogens is 1. The van der Waals surface area contributed by atoms with Gasteiger partial charge in [0, 0.05) is 52.0 Å². The van der Waals surface area contributed by atoms with Crippen LogP contribution < -0.4 is 10.6 Å². The van der Waals surface area contributed by atoms with Crippen LogP contribution in [0.1, 0.15) is 63.1 Å². The van der Waals surface area contributed by atoms with E-state index < -0.39 is 10.8 Å². The van der Waals surface area contributed by atoms with Gasteiger partial charge in [-0.05, 0) is 52.4 Å². The molecule has 0 amide bonds. The van der Waals surface area contributed by atoms with E-state index in [1.54, 1.807) is 11.3 Å². The second-order valence-corrected chi connectivity index (χ2v) is 9.85. The minimum Gasteiger partial charge on any atom is -0.357 e. The molecule has 3 unspecified atom stereocenters. The molecule has 1 heterocycles. The molecule has 5 nitrogen and oxygen atoms in total. The number of guanidine groups is 1. The fraction of sp³-hybridized carbons (Fsp3) is 0.789. The van der Waals surface area contributed by atoms with Gasteiger partial charge in [-0.1, -0.05) is 13.3 Å². The lowest BCUT2D eigenvalue weighted by atomic mass is 9.95. The number of aliphatic imine (C=N–C) groups is 1. The van der Waals surface area contributed by atoms with Gasteiger partial charge in [0.05, 0.1) is 5.01 Å². The zero-order chi connectivity index (χ0) is 18.8. The molecule has 1 aromatic heterocycles. The van der Waals surface area contributed by atoms with Crippen LogP contribution >= 0.6 is 11.3 Å². The number of nitrogens with zero attached hydrogens (tertiary/aromatic N) is 2. The topological polar surface area (TPSA) is 66.4 Å². The third-order valence-corrected chi connectivity index (χ3v) is 7.47. The zero-order valence-electron chi connectivity index (χ0n) is 16.4. The van der Waals surface area contributed by atoms with Crippen molar-refractivity contribution in [2.24, 2.45) is 4.99 Å². The van der Waals surface area contributed by atoms with Crippen LogP contribution in [0.5, 0.6) is 0 Å². The second-order valence-electron chi connectivity index (χ2n) is 6.90. The lowest BCUT2D eigenvalue weighted by Gasteiger charge is -2.30. The molecule has 1 aliphatic rings. The summed E-state index contributed by atoms with van der Waals surface area (Å²) in [6.07, 6.45) is 7.63. The molecular weight excluding hydrogens is 364 g/mol. The number of rotatable bonds is 9. The van der Waals surface area contributed by atoms with Crippen LogP contribution in [0.15, 0.2) is 10.4 Å². The third kappa shape index (κ3) is 7.35. The summed E-state index contributed by atoms with van der Waals surface area (Å²) in [5, 5.41) is 10.6. The molecule has 0 bridgehead atoms. The summed E-state index contributed by atoms with van der Waals surface area (Å²) in [7, 11) is -0.683. The van der Waals surface area contributed by atoms with E-state index in [4.69, 9.17) is 4.99 Å². The number of unbranched alkanes of at least 4 members (excludes halogenated alkanes) is 1. The Labute approximate surface area is 164 Å². The molecule has 0 aromatic carbocycles. The molecule has 1 aliphatic carbocycles. The van der Waals surface area contributed by atoms with Crippen LogP contribution in [-0.4, -0.2) is 45.3 Å². The van der Waals surface area contributed by atoms with Crippen molar-refractivity contribution in [2.45, 2.75) is 77.0 Å². The van der Waals surface area contributed by atoms with Crippen molar-refractivity contribution in [1.82, 2.24) is 15.6 Å². The summed E-state index contributed by atoms with van der Waals surface area (Å²) in [6.45, 7) is 7.85. The van der Waals surface area contributed by atoms with Crippen LogP contribution in [0.25, 0.3) is 0 Å². The molecule has 1 aromatic rings. The molecule has 1 fully saturated rings.